The van der Waals surface area contributed by atoms with Crippen LogP contribution in [0, 0.1) is 11.3 Å². The first kappa shape index (κ1) is 19.9. The van der Waals surface area contributed by atoms with Crippen molar-refractivity contribution in [2.24, 2.45) is 11.5 Å². The van der Waals surface area contributed by atoms with Gasteiger partial charge in [-0.15, -0.1) is 11.3 Å². The Labute approximate surface area is 146 Å². The first-order chi connectivity index (χ1) is 11.7. The van der Waals surface area contributed by atoms with Gasteiger partial charge in [-0.25, -0.2) is 4.79 Å². The largest absolute Gasteiger partial charge is 0.469 e. The van der Waals surface area contributed by atoms with Crippen LogP contribution in [0.4, 0.5) is 5.00 Å². The number of anilines is 1. The fraction of sp³-hybridized carbons (Fsp3) is 0.357. The number of primary amides is 2. The van der Waals surface area contributed by atoms with Crippen LogP contribution >= 0.6 is 11.3 Å². The van der Waals surface area contributed by atoms with Crippen LogP contribution in [0.25, 0.3) is 0 Å². The second-order valence-corrected chi connectivity index (χ2v) is 5.73. The number of rotatable bonds is 8. The molecule has 1 aromatic heterocycles. The van der Waals surface area contributed by atoms with Crippen LogP contribution < -0.4 is 16.4 Å². The second kappa shape index (κ2) is 8.65. The Morgan fingerprint density at radius 3 is 2.08 bits per heavy atom. The highest BCUT2D eigenvalue weighted by molar-refractivity contribution is 7.18. The second-order valence-electron chi connectivity index (χ2n) is 4.73. The topological polar surface area (TPSA) is 166 Å². The molecule has 0 aromatic carbocycles. The predicted molar refractivity (Wildman–Crippen MR) is 86.7 cm³/mol. The van der Waals surface area contributed by atoms with E-state index in [1.807, 2.05) is 6.07 Å². The third-order valence-electron chi connectivity index (χ3n) is 3.00. The van der Waals surface area contributed by atoms with Crippen molar-refractivity contribution in [1.29, 1.82) is 5.26 Å². The van der Waals surface area contributed by atoms with Gasteiger partial charge in [0.05, 0.1) is 39.3 Å². The van der Waals surface area contributed by atoms with Gasteiger partial charge in [0.15, 0.2) is 0 Å². The first-order valence-corrected chi connectivity index (χ1v) is 7.59. The summed E-state index contributed by atoms with van der Waals surface area (Å²) in [6.45, 7) is -0.813. The predicted octanol–water partition coefficient (Wildman–Crippen LogP) is -1.10. The Morgan fingerprint density at radius 2 is 1.68 bits per heavy atom. The molecule has 0 aliphatic carbocycles. The fourth-order valence-corrected chi connectivity index (χ4v) is 3.19. The fourth-order valence-electron chi connectivity index (χ4n) is 2.01. The van der Waals surface area contributed by atoms with Crippen molar-refractivity contribution in [2.45, 2.75) is 6.42 Å². The summed E-state index contributed by atoms with van der Waals surface area (Å²) in [6, 6.07) is 1.87. The summed E-state index contributed by atoms with van der Waals surface area (Å²) in [5.41, 5.74) is 10.3. The maximum absolute atomic E-state index is 12.0. The molecule has 0 atom stereocenters. The molecular formula is C14H16N4O6S. The molecule has 1 heterocycles. The molecule has 10 nitrogen and oxygen atoms in total. The van der Waals surface area contributed by atoms with Gasteiger partial charge in [-0.05, 0) is 0 Å². The van der Waals surface area contributed by atoms with Gasteiger partial charge in [-0.3, -0.25) is 14.4 Å². The highest BCUT2D eigenvalue weighted by atomic mass is 32.1. The minimum atomic E-state index is -0.773. The molecule has 0 radical (unpaired) electrons. The SMILES string of the molecule is COC(=O)Cc1c(C(=O)OC)sc(N(CC(N)=O)CC(N)=O)c1C#N. The van der Waals surface area contributed by atoms with E-state index < -0.39 is 36.8 Å². The summed E-state index contributed by atoms with van der Waals surface area (Å²) >= 11 is 0.793. The Bertz CT molecular complexity index is 735. The zero-order valence-electron chi connectivity index (χ0n) is 13.5. The van der Waals surface area contributed by atoms with Crippen molar-refractivity contribution in [1.82, 2.24) is 0 Å². The van der Waals surface area contributed by atoms with Crippen molar-refractivity contribution in [3.8, 4) is 6.07 Å². The number of thiophene rings is 1. The lowest BCUT2D eigenvalue weighted by Gasteiger charge is -2.20. The summed E-state index contributed by atoms with van der Waals surface area (Å²) in [4.78, 5) is 47.2. The zero-order chi connectivity index (χ0) is 19.1. The minimum absolute atomic E-state index is 0.0154. The van der Waals surface area contributed by atoms with E-state index in [0.29, 0.717) is 0 Å². The van der Waals surface area contributed by atoms with Gasteiger partial charge in [0.25, 0.3) is 0 Å². The molecule has 0 fully saturated rings. The quantitative estimate of drug-likeness (QED) is 0.545. The van der Waals surface area contributed by atoms with Crippen LogP contribution in [0.2, 0.25) is 0 Å². The number of nitrogens with two attached hydrogens (primary N) is 2. The molecule has 2 amide bonds. The Hall–Kier alpha value is -3.13. The summed E-state index contributed by atoms with van der Waals surface area (Å²) in [5, 5.41) is 9.57. The van der Waals surface area contributed by atoms with Crippen LogP contribution in [0.15, 0.2) is 0 Å². The highest BCUT2D eigenvalue weighted by Crippen LogP contribution is 2.36. The molecule has 0 saturated carbocycles. The van der Waals surface area contributed by atoms with Crippen LogP contribution in [-0.2, 0) is 30.3 Å². The van der Waals surface area contributed by atoms with Crippen molar-refractivity contribution >= 4 is 40.1 Å². The van der Waals surface area contributed by atoms with Crippen molar-refractivity contribution < 1.29 is 28.7 Å². The molecular weight excluding hydrogens is 352 g/mol. The Morgan fingerprint density at radius 1 is 1.12 bits per heavy atom. The van der Waals surface area contributed by atoms with E-state index in [1.54, 1.807) is 0 Å². The summed E-state index contributed by atoms with van der Waals surface area (Å²) in [6.07, 6.45) is -0.360. The molecule has 1 aromatic rings. The van der Waals surface area contributed by atoms with Gasteiger partial charge >= 0.3 is 11.9 Å². The Balaban J connectivity index is 3.54. The number of amides is 2. The van der Waals surface area contributed by atoms with E-state index in [4.69, 9.17) is 11.5 Å². The van der Waals surface area contributed by atoms with E-state index in [2.05, 4.69) is 9.47 Å². The molecule has 1 rings (SSSR count). The molecule has 0 spiro atoms. The lowest BCUT2D eigenvalue weighted by Crippen LogP contribution is -2.39. The molecule has 0 aliphatic heterocycles. The first-order valence-electron chi connectivity index (χ1n) is 6.77. The molecule has 0 bridgehead atoms. The van der Waals surface area contributed by atoms with Crippen molar-refractivity contribution in [2.75, 3.05) is 32.2 Å². The Kier molecular flexibility index (Phi) is 6.89. The number of carbonyl (C=O) groups excluding carboxylic acids is 4. The van der Waals surface area contributed by atoms with E-state index in [0.717, 1.165) is 25.6 Å². The number of nitriles is 1. The van der Waals surface area contributed by atoms with E-state index in [-0.39, 0.29) is 27.4 Å². The van der Waals surface area contributed by atoms with Gasteiger partial charge < -0.3 is 25.8 Å². The van der Waals surface area contributed by atoms with Gasteiger partial charge in [0, 0.05) is 5.56 Å². The van der Waals surface area contributed by atoms with Gasteiger partial charge in [0.1, 0.15) is 15.9 Å². The maximum atomic E-state index is 12.0. The molecule has 11 heteroatoms. The van der Waals surface area contributed by atoms with Gasteiger partial charge in [0.2, 0.25) is 11.8 Å². The standard InChI is InChI=1S/C14H16N4O6S/c1-23-11(21)3-7-8(4-15)13(25-12(7)14(22)24-2)18(5-9(16)19)6-10(17)20/h3,5-6H2,1-2H3,(H2,16,19)(H2,17,20). The third-order valence-corrected chi connectivity index (χ3v) is 4.27. The molecule has 25 heavy (non-hydrogen) atoms. The minimum Gasteiger partial charge on any atom is -0.469 e. The molecule has 4 N–H and O–H groups in total. The average Bonchev–Trinajstić information content (AvgIpc) is 2.90. The number of ether oxygens (including phenoxy) is 2. The van der Waals surface area contributed by atoms with E-state index >= 15 is 0 Å². The summed E-state index contributed by atoms with van der Waals surface area (Å²) in [7, 11) is 2.30. The monoisotopic (exact) mass is 368 g/mol. The average molecular weight is 368 g/mol. The number of methoxy groups -OCH3 is 2. The smallest absolute Gasteiger partial charge is 0.348 e. The van der Waals surface area contributed by atoms with Crippen molar-refractivity contribution in [3.63, 3.8) is 0 Å². The van der Waals surface area contributed by atoms with Crippen LogP contribution in [0.3, 0.4) is 0 Å². The van der Waals surface area contributed by atoms with Crippen LogP contribution in [0.1, 0.15) is 20.8 Å². The molecule has 0 unspecified atom stereocenters. The lowest BCUT2D eigenvalue weighted by atomic mass is 10.1. The molecule has 0 aliphatic rings. The molecule has 0 saturated heterocycles. The number of hydrogen-bond donors (Lipinski definition) is 2. The van der Waals surface area contributed by atoms with E-state index in [1.165, 1.54) is 4.90 Å². The number of hydrogen-bond acceptors (Lipinski definition) is 9. The number of carbonyl (C=O) groups is 4. The number of esters is 2. The normalized spacial score (nSPS) is 9.80. The van der Waals surface area contributed by atoms with Crippen molar-refractivity contribution in [3.05, 3.63) is 16.0 Å². The van der Waals surface area contributed by atoms with Crippen LogP contribution in [0.5, 0.6) is 0 Å². The third kappa shape index (κ3) is 4.92. The lowest BCUT2D eigenvalue weighted by molar-refractivity contribution is -0.139. The number of nitrogens with zero attached hydrogens (tertiary/aromatic N) is 2. The summed E-state index contributed by atoms with van der Waals surface area (Å²) in [5.74, 6) is -2.99. The van der Waals surface area contributed by atoms with E-state index in [9.17, 15) is 24.4 Å². The van der Waals surface area contributed by atoms with Gasteiger partial charge in [-0.1, -0.05) is 0 Å². The maximum Gasteiger partial charge on any atom is 0.348 e. The highest BCUT2D eigenvalue weighted by Gasteiger charge is 2.29. The van der Waals surface area contributed by atoms with Crippen LogP contribution in [-0.4, -0.2) is 51.1 Å². The zero-order valence-corrected chi connectivity index (χ0v) is 14.3. The van der Waals surface area contributed by atoms with Gasteiger partial charge in [-0.2, -0.15) is 5.26 Å². The summed E-state index contributed by atoms with van der Waals surface area (Å²) < 4.78 is 9.22. The molecule has 134 valence electrons.